The Balaban J connectivity index is 1.58. The van der Waals surface area contributed by atoms with Crippen LogP contribution < -0.4 is 19.5 Å². The van der Waals surface area contributed by atoms with Crippen LogP contribution in [0.4, 0.5) is 0 Å². The summed E-state index contributed by atoms with van der Waals surface area (Å²) in [5, 5.41) is 3.45. The number of ether oxygens (including phenoxy) is 4. The molecule has 2 aromatic rings. The van der Waals surface area contributed by atoms with Crippen LogP contribution in [0.25, 0.3) is 11.4 Å². The summed E-state index contributed by atoms with van der Waals surface area (Å²) in [6.07, 6.45) is 7.53. The summed E-state index contributed by atoms with van der Waals surface area (Å²) in [6.45, 7) is 3.83. The van der Waals surface area contributed by atoms with Gasteiger partial charge in [-0.15, -0.1) is 0 Å². The van der Waals surface area contributed by atoms with Crippen molar-refractivity contribution in [2.24, 2.45) is 5.41 Å². The Morgan fingerprint density at radius 1 is 1.14 bits per heavy atom. The summed E-state index contributed by atoms with van der Waals surface area (Å²) in [5.41, 5.74) is 1.22. The van der Waals surface area contributed by atoms with Crippen LogP contribution in [0.15, 0.2) is 24.5 Å². The number of imidazole rings is 1. The Hall–Kier alpha value is -2.25. The van der Waals surface area contributed by atoms with E-state index in [-0.39, 0.29) is 6.10 Å². The number of piperidine rings is 1. The molecule has 1 spiro atoms. The van der Waals surface area contributed by atoms with E-state index in [4.69, 9.17) is 18.9 Å². The van der Waals surface area contributed by atoms with E-state index in [0.29, 0.717) is 22.7 Å². The summed E-state index contributed by atoms with van der Waals surface area (Å²) in [6, 6.07) is 3.84. The van der Waals surface area contributed by atoms with Gasteiger partial charge >= 0.3 is 0 Å². The van der Waals surface area contributed by atoms with Gasteiger partial charge in [-0.05, 0) is 49.9 Å². The maximum Gasteiger partial charge on any atom is 0.204 e. The minimum Gasteiger partial charge on any atom is -0.493 e. The van der Waals surface area contributed by atoms with E-state index in [2.05, 4.69) is 14.9 Å². The van der Waals surface area contributed by atoms with Gasteiger partial charge in [-0.25, -0.2) is 4.98 Å². The molecule has 0 radical (unpaired) electrons. The van der Waals surface area contributed by atoms with Gasteiger partial charge in [-0.1, -0.05) is 0 Å². The van der Waals surface area contributed by atoms with Crippen LogP contribution in [0.5, 0.6) is 17.2 Å². The quantitative estimate of drug-likeness (QED) is 0.822. The van der Waals surface area contributed by atoms with Crippen LogP contribution in [-0.4, -0.2) is 56.7 Å². The predicted octanol–water partition coefficient (Wildman–Crippen LogP) is 2.73. The summed E-state index contributed by atoms with van der Waals surface area (Å²) < 4.78 is 24.9. The standard InChI is InChI=1S/C21H29N3O4/c1-25-17-5-4-16(18(26-2)19(17)27-3)20-23-10-11-24(20)13-15-12-21(14-28-15)6-8-22-9-7-21/h4-5,10-11,15,22H,6-9,12-14H2,1-3H3. The van der Waals surface area contributed by atoms with Crippen molar-refractivity contribution < 1.29 is 18.9 Å². The first-order valence-corrected chi connectivity index (χ1v) is 9.82. The van der Waals surface area contributed by atoms with Crippen molar-refractivity contribution in [1.29, 1.82) is 0 Å². The lowest BCUT2D eigenvalue weighted by molar-refractivity contribution is 0.0777. The lowest BCUT2D eigenvalue weighted by Crippen LogP contribution is -2.37. The van der Waals surface area contributed by atoms with Crippen LogP contribution in [-0.2, 0) is 11.3 Å². The second-order valence-electron chi connectivity index (χ2n) is 7.67. The van der Waals surface area contributed by atoms with Crippen molar-refractivity contribution in [2.75, 3.05) is 41.0 Å². The Morgan fingerprint density at radius 3 is 2.64 bits per heavy atom. The van der Waals surface area contributed by atoms with Crippen LogP contribution in [0.2, 0.25) is 0 Å². The van der Waals surface area contributed by atoms with Gasteiger partial charge in [0.15, 0.2) is 11.5 Å². The molecule has 0 bridgehead atoms. The Labute approximate surface area is 165 Å². The highest BCUT2D eigenvalue weighted by Crippen LogP contribution is 2.44. The minimum absolute atomic E-state index is 0.206. The van der Waals surface area contributed by atoms with Crippen LogP contribution in [0, 0.1) is 5.41 Å². The molecule has 2 aliphatic rings. The number of methoxy groups -OCH3 is 3. The van der Waals surface area contributed by atoms with Gasteiger partial charge < -0.3 is 28.8 Å². The van der Waals surface area contributed by atoms with Crippen molar-refractivity contribution in [2.45, 2.75) is 31.9 Å². The molecule has 3 heterocycles. The average molecular weight is 387 g/mol. The maximum atomic E-state index is 6.20. The Kier molecular flexibility index (Phi) is 5.46. The first-order valence-electron chi connectivity index (χ1n) is 9.82. The average Bonchev–Trinajstić information content (AvgIpc) is 3.34. The normalized spacial score (nSPS) is 21.0. The molecule has 1 aromatic heterocycles. The van der Waals surface area contributed by atoms with E-state index >= 15 is 0 Å². The molecule has 2 fully saturated rings. The van der Waals surface area contributed by atoms with Gasteiger partial charge in [0.2, 0.25) is 5.75 Å². The first-order chi connectivity index (χ1) is 13.7. The zero-order valence-electron chi connectivity index (χ0n) is 16.9. The van der Waals surface area contributed by atoms with Crippen LogP contribution >= 0.6 is 0 Å². The van der Waals surface area contributed by atoms with Crippen molar-refractivity contribution in [1.82, 2.24) is 14.9 Å². The summed E-state index contributed by atoms with van der Waals surface area (Å²) in [4.78, 5) is 4.59. The van der Waals surface area contributed by atoms with E-state index in [0.717, 1.165) is 44.0 Å². The topological polar surface area (TPSA) is 66.8 Å². The summed E-state index contributed by atoms with van der Waals surface area (Å²) in [7, 11) is 4.86. The van der Waals surface area contributed by atoms with Gasteiger partial charge in [0.05, 0.1) is 46.1 Å². The molecule has 0 saturated carbocycles. The molecule has 0 amide bonds. The first kappa shape index (κ1) is 19.1. The molecule has 2 aliphatic heterocycles. The van der Waals surface area contributed by atoms with Crippen LogP contribution in [0.3, 0.4) is 0 Å². The third-order valence-corrected chi connectivity index (χ3v) is 6.01. The molecule has 1 atom stereocenters. The SMILES string of the molecule is COc1ccc(-c2nccn2CC2CC3(CCNCC3)CO2)c(OC)c1OC. The second kappa shape index (κ2) is 8.01. The van der Waals surface area contributed by atoms with E-state index < -0.39 is 0 Å². The number of nitrogens with zero attached hydrogens (tertiary/aromatic N) is 2. The molecule has 7 nitrogen and oxygen atoms in total. The highest BCUT2D eigenvalue weighted by Gasteiger charge is 2.41. The number of aromatic nitrogens is 2. The Bertz CT molecular complexity index is 814. The number of hydrogen-bond donors (Lipinski definition) is 1. The number of benzene rings is 1. The minimum atomic E-state index is 0.206. The zero-order chi connectivity index (χ0) is 19.6. The number of rotatable bonds is 6. The highest BCUT2D eigenvalue weighted by molar-refractivity contribution is 5.72. The second-order valence-corrected chi connectivity index (χ2v) is 7.67. The predicted molar refractivity (Wildman–Crippen MR) is 106 cm³/mol. The monoisotopic (exact) mass is 387 g/mol. The molecule has 0 aliphatic carbocycles. The molecule has 1 aromatic carbocycles. The molecule has 7 heteroatoms. The molecule has 1 N–H and O–H groups in total. The molecular weight excluding hydrogens is 358 g/mol. The summed E-state index contributed by atoms with van der Waals surface area (Å²) in [5.74, 6) is 2.67. The highest BCUT2D eigenvalue weighted by atomic mass is 16.5. The number of nitrogens with one attached hydrogen (secondary N) is 1. The zero-order valence-corrected chi connectivity index (χ0v) is 16.9. The van der Waals surface area contributed by atoms with Crippen molar-refractivity contribution in [3.63, 3.8) is 0 Å². The lowest BCUT2D eigenvalue weighted by atomic mass is 9.77. The molecular formula is C21H29N3O4. The van der Waals surface area contributed by atoms with E-state index in [1.165, 1.54) is 12.8 Å². The van der Waals surface area contributed by atoms with Gasteiger partial charge in [0, 0.05) is 12.4 Å². The molecule has 152 valence electrons. The smallest absolute Gasteiger partial charge is 0.204 e. The lowest BCUT2D eigenvalue weighted by Gasteiger charge is -2.32. The van der Waals surface area contributed by atoms with E-state index in [9.17, 15) is 0 Å². The fourth-order valence-corrected chi connectivity index (χ4v) is 4.52. The fourth-order valence-electron chi connectivity index (χ4n) is 4.52. The van der Waals surface area contributed by atoms with E-state index in [1.807, 2.05) is 24.5 Å². The van der Waals surface area contributed by atoms with Crippen molar-refractivity contribution in [3.05, 3.63) is 24.5 Å². The third kappa shape index (κ3) is 3.44. The molecule has 1 unspecified atom stereocenters. The molecule has 28 heavy (non-hydrogen) atoms. The molecule has 2 saturated heterocycles. The fraction of sp³-hybridized carbons (Fsp3) is 0.571. The van der Waals surface area contributed by atoms with Gasteiger partial charge in [-0.2, -0.15) is 0 Å². The maximum absolute atomic E-state index is 6.20. The van der Waals surface area contributed by atoms with Gasteiger partial charge in [0.25, 0.3) is 0 Å². The number of hydrogen-bond acceptors (Lipinski definition) is 6. The van der Waals surface area contributed by atoms with Crippen molar-refractivity contribution in [3.8, 4) is 28.6 Å². The van der Waals surface area contributed by atoms with Gasteiger partial charge in [-0.3, -0.25) is 0 Å². The van der Waals surface area contributed by atoms with Crippen LogP contribution in [0.1, 0.15) is 19.3 Å². The van der Waals surface area contributed by atoms with Crippen molar-refractivity contribution >= 4 is 0 Å². The van der Waals surface area contributed by atoms with E-state index in [1.54, 1.807) is 21.3 Å². The van der Waals surface area contributed by atoms with Gasteiger partial charge in [0.1, 0.15) is 5.82 Å². The largest absolute Gasteiger partial charge is 0.493 e. The Morgan fingerprint density at radius 2 is 1.93 bits per heavy atom. The molecule has 4 rings (SSSR count). The summed E-state index contributed by atoms with van der Waals surface area (Å²) >= 11 is 0. The third-order valence-electron chi connectivity index (χ3n) is 6.01.